The van der Waals surface area contributed by atoms with E-state index in [1.165, 1.54) is 19.1 Å². The highest BCUT2D eigenvalue weighted by Gasteiger charge is 2.19. The predicted octanol–water partition coefficient (Wildman–Crippen LogP) is 2.20. The van der Waals surface area contributed by atoms with Crippen molar-refractivity contribution in [3.63, 3.8) is 0 Å². The molecule has 3 N–H and O–H groups in total. The van der Waals surface area contributed by atoms with Gasteiger partial charge in [0.15, 0.2) is 0 Å². The van der Waals surface area contributed by atoms with E-state index in [4.69, 9.17) is 10.2 Å². The molecule has 0 aliphatic carbocycles. The summed E-state index contributed by atoms with van der Waals surface area (Å²) in [5.41, 5.74) is 8.63. The van der Waals surface area contributed by atoms with E-state index in [0.29, 0.717) is 17.6 Å². The third kappa shape index (κ3) is 1.99. The van der Waals surface area contributed by atoms with Gasteiger partial charge in [0.05, 0.1) is 17.4 Å². The summed E-state index contributed by atoms with van der Waals surface area (Å²) in [7, 11) is 0. The van der Waals surface area contributed by atoms with Crippen LogP contribution in [0.4, 0.5) is 5.69 Å². The van der Waals surface area contributed by atoms with Gasteiger partial charge >= 0.3 is 0 Å². The zero-order valence-electron chi connectivity index (χ0n) is 11.6. The molecule has 108 valence electrons. The lowest BCUT2D eigenvalue weighted by molar-refractivity contribution is 0.378. The molecular formula is C15H17N5O. The number of piperidine rings is 1. The van der Waals surface area contributed by atoms with Gasteiger partial charge in [0.25, 0.3) is 0 Å². The molecular weight excluding hydrogens is 266 g/mol. The largest absolute Gasteiger partial charge is 0.444 e. The van der Waals surface area contributed by atoms with E-state index in [0.717, 1.165) is 29.7 Å². The van der Waals surface area contributed by atoms with Gasteiger partial charge < -0.3 is 20.0 Å². The standard InChI is InChI=1S/C15H17N5O/c16-13-11-3-6-20(10-2-1-4-17-8-10)14(11)19-9-12(13)15-18-5-7-21-15/h3,5-7,9-10,17H,1-2,4,8H2,(H2,16,19)/t10-/m1/s1. The summed E-state index contributed by atoms with van der Waals surface area (Å²) in [6, 6.07) is 2.47. The number of nitrogen functional groups attached to an aromatic ring is 1. The van der Waals surface area contributed by atoms with Gasteiger partial charge in [-0.05, 0) is 25.5 Å². The van der Waals surface area contributed by atoms with Crippen molar-refractivity contribution in [2.45, 2.75) is 18.9 Å². The van der Waals surface area contributed by atoms with E-state index in [9.17, 15) is 0 Å². The molecule has 4 heterocycles. The van der Waals surface area contributed by atoms with Crippen molar-refractivity contribution in [3.05, 3.63) is 30.9 Å². The van der Waals surface area contributed by atoms with Crippen LogP contribution in [0.25, 0.3) is 22.5 Å². The Bertz CT molecular complexity index is 756. The summed E-state index contributed by atoms with van der Waals surface area (Å²) in [5.74, 6) is 0.508. The molecule has 0 spiro atoms. The van der Waals surface area contributed by atoms with Gasteiger partial charge in [-0.3, -0.25) is 0 Å². The Morgan fingerprint density at radius 1 is 1.38 bits per heavy atom. The summed E-state index contributed by atoms with van der Waals surface area (Å²) in [6.07, 6.45) is 9.32. The number of rotatable bonds is 2. The molecule has 0 amide bonds. The average molecular weight is 283 g/mol. The van der Waals surface area contributed by atoms with E-state index in [2.05, 4.69) is 26.0 Å². The third-order valence-corrected chi connectivity index (χ3v) is 4.11. The summed E-state index contributed by atoms with van der Waals surface area (Å²) in [6.45, 7) is 2.08. The molecule has 0 unspecified atom stereocenters. The predicted molar refractivity (Wildman–Crippen MR) is 80.8 cm³/mol. The Balaban J connectivity index is 1.81. The minimum absolute atomic E-state index is 0.440. The zero-order valence-corrected chi connectivity index (χ0v) is 11.6. The van der Waals surface area contributed by atoms with Crippen LogP contribution in [0.5, 0.6) is 0 Å². The first kappa shape index (κ1) is 12.4. The van der Waals surface area contributed by atoms with E-state index in [-0.39, 0.29) is 0 Å². The molecule has 3 aromatic heterocycles. The molecule has 0 saturated carbocycles. The van der Waals surface area contributed by atoms with Gasteiger partial charge in [-0.15, -0.1) is 0 Å². The number of pyridine rings is 1. The maximum absolute atomic E-state index is 6.28. The average Bonchev–Trinajstić information content (AvgIpc) is 3.18. The van der Waals surface area contributed by atoms with Crippen LogP contribution in [0.15, 0.2) is 35.3 Å². The smallest absolute Gasteiger partial charge is 0.229 e. The van der Waals surface area contributed by atoms with Crippen molar-refractivity contribution in [1.82, 2.24) is 19.9 Å². The lowest BCUT2D eigenvalue weighted by Gasteiger charge is -2.24. The quantitative estimate of drug-likeness (QED) is 0.753. The Morgan fingerprint density at radius 3 is 3.10 bits per heavy atom. The van der Waals surface area contributed by atoms with E-state index >= 15 is 0 Å². The second-order valence-electron chi connectivity index (χ2n) is 5.38. The molecule has 6 nitrogen and oxygen atoms in total. The molecule has 1 fully saturated rings. The lowest BCUT2D eigenvalue weighted by atomic mass is 10.1. The Labute approximate surface area is 122 Å². The SMILES string of the molecule is Nc1c(-c2ncco2)cnc2c1ccn2[C@@H]1CCCNC1. The Kier molecular flexibility index (Phi) is 2.89. The number of aromatic nitrogens is 3. The number of nitrogens with one attached hydrogen (secondary N) is 1. The van der Waals surface area contributed by atoms with Crippen molar-refractivity contribution in [1.29, 1.82) is 0 Å². The molecule has 1 saturated heterocycles. The number of nitrogens with zero attached hydrogens (tertiary/aromatic N) is 3. The van der Waals surface area contributed by atoms with Crippen LogP contribution >= 0.6 is 0 Å². The van der Waals surface area contributed by atoms with E-state index < -0.39 is 0 Å². The topological polar surface area (TPSA) is 81.9 Å². The number of anilines is 1. The van der Waals surface area contributed by atoms with Crippen molar-refractivity contribution in [2.24, 2.45) is 0 Å². The summed E-state index contributed by atoms with van der Waals surface area (Å²) < 4.78 is 7.54. The first-order chi connectivity index (χ1) is 10.3. The fourth-order valence-electron chi connectivity index (χ4n) is 3.02. The van der Waals surface area contributed by atoms with E-state index in [1.54, 1.807) is 12.4 Å². The van der Waals surface area contributed by atoms with Gasteiger partial charge in [0, 0.05) is 30.4 Å². The third-order valence-electron chi connectivity index (χ3n) is 4.11. The Morgan fingerprint density at radius 2 is 2.33 bits per heavy atom. The zero-order chi connectivity index (χ0) is 14.2. The summed E-state index contributed by atoms with van der Waals surface area (Å²) in [4.78, 5) is 8.74. The molecule has 6 heteroatoms. The van der Waals surface area contributed by atoms with Crippen LogP contribution in [0.3, 0.4) is 0 Å². The molecule has 1 atom stereocenters. The maximum Gasteiger partial charge on any atom is 0.229 e. The van der Waals surface area contributed by atoms with Gasteiger partial charge in [-0.2, -0.15) is 0 Å². The fourth-order valence-corrected chi connectivity index (χ4v) is 3.02. The minimum atomic E-state index is 0.440. The first-order valence-corrected chi connectivity index (χ1v) is 7.20. The molecule has 0 radical (unpaired) electrons. The summed E-state index contributed by atoms with van der Waals surface area (Å²) >= 11 is 0. The van der Waals surface area contributed by atoms with Crippen LogP contribution in [0.2, 0.25) is 0 Å². The highest BCUT2D eigenvalue weighted by molar-refractivity contribution is 5.95. The van der Waals surface area contributed by atoms with Gasteiger partial charge in [0.2, 0.25) is 5.89 Å². The highest BCUT2D eigenvalue weighted by atomic mass is 16.3. The maximum atomic E-state index is 6.28. The molecule has 1 aliphatic rings. The molecule has 0 aromatic carbocycles. The molecule has 4 rings (SSSR count). The number of oxazole rings is 1. The molecule has 1 aliphatic heterocycles. The molecule has 3 aromatic rings. The van der Waals surface area contributed by atoms with Crippen LogP contribution in [0, 0.1) is 0 Å². The van der Waals surface area contributed by atoms with Crippen LogP contribution in [-0.4, -0.2) is 27.6 Å². The second-order valence-corrected chi connectivity index (χ2v) is 5.38. The van der Waals surface area contributed by atoms with E-state index in [1.807, 2.05) is 6.07 Å². The van der Waals surface area contributed by atoms with Crippen LogP contribution in [-0.2, 0) is 0 Å². The fraction of sp³-hybridized carbons (Fsp3) is 0.333. The van der Waals surface area contributed by atoms with Crippen LogP contribution < -0.4 is 11.1 Å². The molecule has 0 bridgehead atoms. The normalized spacial score (nSPS) is 19.1. The highest BCUT2D eigenvalue weighted by Crippen LogP contribution is 2.32. The van der Waals surface area contributed by atoms with Crippen molar-refractivity contribution >= 4 is 16.7 Å². The minimum Gasteiger partial charge on any atom is -0.444 e. The number of hydrogen-bond donors (Lipinski definition) is 2. The van der Waals surface area contributed by atoms with Gasteiger partial charge in [0.1, 0.15) is 11.9 Å². The number of fused-ring (bicyclic) bond motifs is 1. The summed E-state index contributed by atoms with van der Waals surface area (Å²) in [5, 5.41) is 4.39. The van der Waals surface area contributed by atoms with Crippen LogP contribution in [0.1, 0.15) is 18.9 Å². The number of hydrogen-bond acceptors (Lipinski definition) is 5. The number of nitrogens with two attached hydrogens (primary N) is 1. The first-order valence-electron chi connectivity index (χ1n) is 7.20. The van der Waals surface area contributed by atoms with Gasteiger partial charge in [-0.1, -0.05) is 0 Å². The molecule has 21 heavy (non-hydrogen) atoms. The van der Waals surface area contributed by atoms with Crippen molar-refractivity contribution < 1.29 is 4.42 Å². The van der Waals surface area contributed by atoms with Crippen molar-refractivity contribution in [2.75, 3.05) is 18.8 Å². The second kappa shape index (κ2) is 4.89. The Hall–Kier alpha value is -2.34. The lowest BCUT2D eigenvalue weighted by Crippen LogP contribution is -2.31. The van der Waals surface area contributed by atoms with Crippen molar-refractivity contribution in [3.8, 4) is 11.5 Å². The van der Waals surface area contributed by atoms with Gasteiger partial charge in [-0.25, -0.2) is 9.97 Å². The monoisotopic (exact) mass is 283 g/mol.